The molecular weight excluding hydrogens is 242 g/mol. The molecule has 5 nitrogen and oxygen atoms in total. The monoisotopic (exact) mass is 261 g/mol. The van der Waals surface area contributed by atoms with Gasteiger partial charge in [-0.15, -0.1) is 0 Å². The van der Waals surface area contributed by atoms with E-state index in [1.807, 2.05) is 17.2 Å². The van der Waals surface area contributed by atoms with Crippen molar-refractivity contribution in [2.45, 2.75) is 25.7 Å². The molecule has 2 aliphatic heterocycles. The summed E-state index contributed by atoms with van der Waals surface area (Å²) >= 11 is 0. The van der Waals surface area contributed by atoms with Crippen LogP contribution < -0.4 is 0 Å². The zero-order chi connectivity index (χ0) is 13.1. The molecule has 1 aromatic rings. The van der Waals surface area contributed by atoms with Crippen molar-refractivity contribution in [1.29, 1.82) is 0 Å². The number of nitrogens with zero attached hydrogens (tertiary/aromatic N) is 3. The summed E-state index contributed by atoms with van der Waals surface area (Å²) in [6, 6.07) is 1.73. The normalized spacial score (nSPS) is 19.8. The zero-order valence-electron chi connectivity index (χ0n) is 11.0. The van der Waals surface area contributed by atoms with Crippen LogP contribution in [0.15, 0.2) is 16.8 Å². The van der Waals surface area contributed by atoms with E-state index in [4.69, 9.17) is 4.52 Å². The molecule has 0 N–H and O–H groups in total. The van der Waals surface area contributed by atoms with Gasteiger partial charge in [-0.3, -0.25) is 4.79 Å². The molecule has 0 spiro atoms. The minimum Gasteiger partial charge on any atom is -0.377 e. The molecule has 2 aliphatic rings. The number of rotatable bonds is 3. The Morgan fingerprint density at radius 1 is 1.16 bits per heavy atom. The number of aromatic nitrogens is 1. The van der Waals surface area contributed by atoms with E-state index < -0.39 is 0 Å². The first-order chi connectivity index (χ1) is 9.33. The quantitative estimate of drug-likeness (QED) is 0.834. The van der Waals surface area contributed by atoms with Gasteiger partial charge < -0.3 is 14.3 Å². The van der Waals surface area contributed by atoms with Crippen LogP contribution in [0, 0.1) is 0 Å². The van der Waals surface area contributed by atoms with Gasteiger partial charge in [-0.2, -0.15) is 0 Å². The van der Waals surface area contributed by atoms with E-state index in [2.05, 4.69) is 10.1 Å². The molecule has 1 amide bonds. The van der Waals surface area contributed by atoms with Gasteiger partial charge in [0.05, 0.1) is 0 Å². The predicted octanol–water partition coefficient (Wildman–Crippen LogP) is 1.98. The van der Waals surface area contributed by atoms with Gasteiger partial charge in [0.15, 0.2) is 11.5 Å². The number of hydrogen-bond acceptors (Lipinski definition) is 4. The molecule has 2 saturated heterocycles. The fraction of sp³-hybridized carbons (Fsp3) is 0.571. The highest BCUT2D eigenvalue weighted by molar-refractivity contribution is 5.92. The molecule has 0 saturated carbocycles. The molecule has 3 heterocycles. The van der Waals surface area contributed by atoms with E-state index in [0.29, 0.717) is 11.5 Å². The Labute approximate surface area is 112 Å². The van der Waals surface area contributed by atoms with Gasteiger partial charge in [0.2, 0.25) is 0 Å². The topological polar surface area (TPSA) is 49.6 Å². The van der Waals surface area contributed by atoms with Gasteiger partial charge >= 0.3 is 0 Å². The molecule has 5 heteroatoms. The minimum absolute atomic E-state index is 0.0120. The third-order valence-corrected chi connectivity index (χ3v) is 3.73. The third-order valence-electron chi connectivity index (χ3n) is 3.73. The van der Waals surface area contributed by atoms with Gasteiger partial charge in [-0.1, -0.05) is 5.16 Å². The largest absolute Gasteiger partial charge is 0.377 e. The maximum Gasteiger partial charge on any atom is 0.276 e. The number of hydrogen-bond donors (Lipinski definition) is 0. The van der Waals surface area contributed by atoms with E-state index >= 15 is 0 Å². The Balaban J connectivity index is 1.63. The molecule has 0 bridgehead atoms. The lowest BCUT2D eigenvalue weighted by atomic mass is 10.3. The Morgan fingerprint density at radius 2 is 1.84 bits per heavy atom. The van der Waals surface area contributed by atoms with Crippen LogP contribution in [-0.4, -0.2) is 47.0 Å². The highest BCUT2D eigenvalue weighted by atomic mass is 16.5. The van der Waals surface area contributed by atoms with Crippen molar-refractivity contribution in [2.24, 2.45) is 0 Å². The second kappa shape index (κ2) is 5.47. The highest BCUT2D eigenvalue weighted by Gasteiger charge is 2.22. The van der Waals surface area contributed by atoms with Crippen LogP contribution in [0.25, 0.3) is 6.08 Å². The van der Waals surface area contributed by atoms with Gasteiger partial charge in [-0.25, -0.2) is 0 Å². The molecule has 0 radical (unpaired) electrons. The van der Waals surface area contributed by atoms with E-state index in [9.17, 15) is 4.79 Å². The number of likely N-dealkylation sites (tertiary alicyclic amines) is 2. The minimum atomic E-state index is -0.0120. The Kier molecular flexibility index (Phi) is 3.53. The average molecular weight is 261 g/mol. The second-order valence-electron chi connectivity index (χ2n) is 5.17. The Bertz CT molecular complexity index is 469. The molecule has 1 aromatic heterocycles. The molecule has 0 unspecified atom stereocenters. The van der Waals surface area contributed by atoms with Crippen molar-refractivity contribution in [3.05, 3.63) is 23.7 Å². The average Bonchev–Trinajstić information content (AvgIpc) is 3.16. The van der Waals surface area contributed by atoms with Crippen molar-refractivity contribution < 1.29 is 9.32 Å². The van der Waals surface area contributed by atoms with Crippen molar-refractivity contribution in [2.75, 3.05) is 26.2 Å². The molecule has 0 aromatic carbocycles. The van der Waals surface area contributed by atoms with Crippen LogP contribution in [-0.2, 0) is 0 Å². The van der Waals surface area contributed by atoms with Gasteiger partial charge in [-0.05, 0) is 31.8 Å². The molecular formula is C14H19N3O2. The number of carbonyl (C=O) groups is 1. The summed E-state index contributed by atoms with van der Waals surface area (Å²) in [7, 11) is 0. The molecule has 3 rings (SSSR count). The first-order valence-corrected chi connectivity index (χ1v) is 7.01. The SMILES string of the molecule is O=C(c1cc(/C=C/N2CCCC2)on1)N1CCCC1. The first kappa shape index (κ1) is 12.3. The van der Waals surface area contributed by atoms with Gasteiger partial charge in [0.1, 0.15) is 0 Å². The van der Waals surface area contributed by atoms with E-state index in [-0.39, 0.29) is 5.91 Å². The summed E-state index contributed by atoms with van der Waals surface area (Å²) in [5, 5.41) is 3.87. The molecule has 0 aliphatic carbocycles. The maximum atomic E-state index is 12.1. The highest BCUT2D eigenvalue weighted by Crippen LogP contribution is 2.15. The first-order valence-electron chi connectivity index (χ1n) is 7.01. The third kappa shape index (κ3) is 2.80. The van der Waals surface area contributed by atoms with Crippen molar-refractivity contribution in [3.8, 4) is 0 Å². The molecule has 102 valence electrons. The lowest BCUT2D eigenvalue weighted by Gasteiger charge is -2.12. The number of carbonyl (C=O) groups excluding carboxylic acids is 1. The van der Waals surface area contributed by atoms with Crippen LogP contribution in [0.1, 0.15) is 41.9 Å². The molecule has 19 heavy (non-hydrogen) atoms. The number of amides is 1. The van der Waals surface area contributed by atoms with Crippen molar-refractivity contribution in [1.82, 2.24) is 15.0 Å². The van der Waals surface area contributed by atoms with Crippen LogP contribution in [0.5, 0.6) is 0 Å². The van der Waals surface area contributed by atoms with E-state index in [0.717, 1.165) is 39.0 Å². The zero-order valence-corrected chi connectivity index (χ0v) is 11.0. The second-order valence-corrected chi connectivity index (χ2v) is 5.17. The van der Waals surface area contributed by atoms with Crippen LogP contribution in [0.4, 0.5) is 0 Å². The fourth-order valence-electron chi connectivity index (χ4n) is 2.62. The van der Waals surface area contributed by atoms with Crippen molar-refractivity contribution >= 4 is 12.0 Å². The predicted molar refractivity (Wildman–Crippen MR) is 71.5 cm³/mol. The summed E-state index contributed by atoms with van der Waals surface area (Å²) in [4.78, 5) is 16.2. The summed E-state index contributed by atoms with van der Waals surface area (Å²) in [6.07, 6.45) is 8.59. The maximum absolute atomic E-state index is 12.1. The molecule has 0 atom stereocenters. The summed E-state index contributed by atoms with van der Waals surface area (Å²) in [6.45, 7) is 3.88. The summed E-state index contributed by atoms with van der Waals surface area (Å²) < 4.78 is 5.19. The Hall–Kier alpha value is -1.78. The summed E-state index contributed by atoms with van der Waals surface area (Å²) in [5.74, 6) is 0.636. The fourth-order valence-corrected chi connectivity index (χ4v) is 2.62. The van der Waals surface area contributed by atoms with Crippen LogP contribution >= 0.6 is 0 Å². The smallest absolute Gasteiger partial charge is 0.276 e. The standard InChI is InChI=1S/C14H19N3O2/c18-14(17-8-3-4-9-17)13-11-12(19-15-13)5-10-16-6-1-2-7-16/h5,10-11H,1-4,6-9H2/b10-5+. The summed E-state index contributed by atoms with van der Waals surface area (Å²) in [5.41, 5.74) is 0.419. The lowest BCUT2D eigenvalue weighted by Crippen LogP contribution is -2.27. The Morgan fingerprint density at radius 3 is 2.58 bits per heavy atom. The van der Waals surface area contributed by atoms with Gasteiger partial charge in [0, 0.05) is 38.4 Å². The van der Waals surface area contributed by atoms with Crippen LogP contribution in [0.2, 0.25) is 0 Å². The van der Waals surface area contributed by atoms with E-state index in [1.54, 1.807) is 6.07 Å². The van der Waals surface area contributed by atoms with E-state index in [1.165, 1.54) is 12.8 Å². The lowest BCUT2D eigenvalue weighted by molar-refractivity contribution is 0.0782. The van der Waals surface area contributed by atoms with Crippen LogP contribution in [0.3, 0.4) is 0 Å². The van der Waals surface area contributed by atoms with Crippen molar-refractivity contribution in [3.63, 3.8) is 0 Å². The van der Waals surface area contributed by atoms with Gasteiger partial charge in [0.25, 0.3) is 5.91 Å². The molecule has 2 fully saturated rings.